The summed E-state index contributed by atoms with van der Waals surface area (Å²) in [6.07, 6.45) is 10.7. The first kappa shape index (κ1) is 23.0. The van der Waals surface area contributed by atoms with Gasteiger partial charge in [-0.1, -0.05) is 58.7 Å². The lowest BCUT2D eigenvalue weighted by Crippen LogP contribution is -2.23. The molecule has 174 valence electrons. The molecule has 1 aliphatic heterocycles. The van der Waals surface area contributed by atoms with Crippen molar-refractivity contribution in [3.05, 3.63) is 58.7 Å². The van der Waals surface area contributed by atoms with E-state index in [1.807, 2.05) is 41.4 Å². The van der Waals surface area contributed by atoms with Crippen LogP contribution in [0.5, 0.6) is 0 Å². The Morgan fingerprint density at radius 2 is 1.85 bits per heavy atom. The summed E-state index contributed by atoms with van der Waals surface area (Å²) < 4.78 is 3.80. The van der Waals surface area contributed by atoms with Crippen LogP contribution >= 0.6 is 0 Å². The predicted octanol–water partition coefficient (Wildman–Crippen LogP) is 5.54. The van der Waals surface area contributed by atoms with E-state index in [4.69, 9.17) is 4.98 Å². The van der Waals surface area contributed by atoms with Gasteiger partial charge in [0.2, 0.25) is 11.7 Å². The number of imidazole rings is 1. The first-order chi connectivity index (χ1) is 15.8. The number of fused-ring (bicyclic) bond motifs is 1. The van der Waals surface area contributed by atoms with Crippen molar-refractivity contribution in [1.29, 1.82) is 0 Å². The first-order valence-electron chi connectivity index (χ1n) is 12.0. The number of amides is 1. The highest BCUT2D eigenvalue weighted by Gasteiger charge is 2.22. The van der Waals surface area contributed by atoms with E-state index in [9.17, 15) is 9.59 Å². The number of nitrogens with zero attached hydrogens (tertiary/aromatic N) is 4. The van der Waals surface area contributed by atoms with Crippen LogP contribution in [-0.4, -0.2) is 26.4 Å². The zero-order valence-electron chi connectivity index (χ0n) is 20.2. The van der Waals surface area contributed by atoms with Crippen LogP contribution in [0.2, 0.25) is 0 Å². The number of hydrogen-bond donors (Lipinski definition) is 0. The summed E-state index contributed by atoms with van der Waals surface area (Å²) >= 11 is 0. The van der Waals surface area contributed by atoms with Crippen molar-refractivity contribution < 1.29 is 4.79 Å². The lowest BCUT2D eigenvalue weighted by molar-refractivity contribution is -0.117. The van der Waals surface area contributed by atoms with E-state index >= 15 is 0 Å². The SMILES string of the molecule is CCCCCn1c(-c2ccc(N3CCCC3=O)cc2)cn2c(=O)cc(/C=C/C(C)(C)C)nc12. The van der Waals surface area contributed by atoms with Gasteiger partial charge in [0.15, 0.2) is 0 Å². The minimum absolute atomic E-state index is 0.0135. The second kappa shape index (κ2) is 9.38. The fourth-order valence-electron chi connectivity index (χ4n) is 4.23. The first-order valence-corrected chi connectivity index (χ1v) is 12.0. The maximum absolute atomic E-state index is 12.9. The predicted molar refractivity (Wildman–Crippen MR) is 134 cm³/mol. The number of rotatable bonds is 7. The molecule has 6 heteroatoms. The van der Waals surface area contributed by atoms with E-state index in [1.165, 1.54) is 0 Å². The highest BCUT2D eigenvalue weighted by Crippen LogP contribution is 2.28. The van der Waals surface area contributed by atoms with Gasteiger partial charge in [-0.2, -0.15) is 0 Å². The van der Waals surface area contributed by atoms with Crippen LogP contribution in [0.15, 0.2) is 47.4 Å². The summed E-state index contributed by atoms with van der Waals surface area (Å²) in [5.74, 6) is 0.851. The molecule has 3 heterocycles. The normalized spacial score (nSPS) is 14.8. The van der Waals surface area contributed by atoms with Crippen LogP contribution in [-0.2, 0) is 11.3 Å². The molecular formula is C27H34N4O2. The van der Waals surface area contributed by atoms with Gasteiger partial charge in [-0.15, -0.1) is 0 Å². The molecule has 1 saturated heterocycles. The number of hydrogen-bond acceptors (Lipinski definition) is 3. The van der Waals surface area contributed by atoms with E-state index in [2.05, 4.69) is 38.3 Å². The zero-order valence-corrected chi connectivity index (χ0v) is 20.2. The summed E-state index contributed by atoms with van der Waals surface area (Å²) in [6.45, 7) is 10.1. The Morgan fingerprint density at radius 3 is 2.48 bits per heavy atom. The Morgan fingerprint density at radius 1 is 1.09 bits per heavy atom. The van der Waals surface area contributed by atoms with Crippen LogP contribution in [0.25, 0.3) is 23.1 Å². The quantitative estimate of drug-likeness (QED) is 0.448. The Kier molecular flexibility index (Phi) is 6.54. The molecule has 6 nitrogen and oxygen atoms in total. The van der Waals surface area contributed by atoms with Crippen LogP contribution in [0, 0.1) is 5.41 Å². The van der Waals surface area contributed by atoms with Crippen molar-refractivity contribution in [2.45, 2.75) is 66.3 Å². The van der Waals surface area contributed by atoms with Gasteiger partial charge in [0.1, 0.15) is 0 Å². The number of unbranched alkanes of at least 4 members (excludes halogenated alkanes) is 2. The van der Waals surface area contributed by atoms with Gasteiger partial charge in [-0.3, -0.25) is 14.0 Å². The molecule has 3 aromatic rings. The summed E-state index contributed by atoms with van der Waals surface area (Å²) in [6, 6.07) is 9.67. The molecule has 0 saturated carbocycles. The summed E-state index contributed by atoms with van der Waals surface area (Å²) in [5.41, 5.74) is 3.52. The second-order valence-electron chi connectivity index (χ2n) is 9.96. The lowest BCUT2D eigenvalue weighted by Gasteiger charge is -2.16. The van der Waals surface area contributed by atoms with Crippen LogP contribution < -0.4 is 10.5 Å². The van der Waals surface area contributed by atoms with Gasteiger partial charge >= 0.3 is 0 Å². The molecule has 1 aliphatic rings. The highest BCUT2D eigenvalue weighted by atomic mass is 16.2. The van der Waals surface area contributed by atoms with E-state index in [1.54, 1.807) is 10.5 Å². The third-order valence-electron chi connectivity index (χ3n) is 6.02. The molecule has 2 aromatic heterocycles. The third kappa shape index (κ3) is 5.10. The molecule has 0 bridgehead atoms. The van der Waals surface area contributed by atoms with Crippen LogP contribution in [0.3, 0.4) is 0 Å². The third-order valence-corrected chi connectivity index (χ3v) is 6.02. The fraction of sp³-hybridized carbons (Fsp3) is 0.444. The Bertz CT molecular complexity index is 1230. The number of benzene rings is 1. The maximum atomic E-state index is 12.9. The number of aryl methyl sites for hydroxylation is 1. The Labute approximate surface area is 195 Å². The van der Waals surface area contributed by atoms with Crippen molar-refractivity contribution in [2.75, 3.05) is 11.4 Å². The molecule has 33 heavy (non-hydrogen) atoms. The van der Waals surface area contributed by atoms with Gasteiger partial charge in [-0.05, 0) is 42.0 Å². The smallest absolute Gasteiger partial charge is 0.259 e. The summed E-state index contributed by atoms with van der Waals surface area (Å²) in [4.78, 5) is 31.7. The van der Waals surface area contributed by atoms with Crippen molar-refractivity contribution in [3.8, 4) is 11.3 Å². The number of anilines is 1. The van der Waals surface area contributed by atoms with Gasteiger partial charge in [0.05, 0.1) is 11.4 Å². The summed E-state index contributed by atoms with van der Waals surface area (Å²) in [7, 11) is 0. The van der Waals surface area contributed by atoms with Crippen LogP contribution in [0.1, 0.15) is 65.5 Å². The molecule has 4 rings (SSSR count). The Balaban J connectivity index is 1.77. The van der Waals surface area contributed by atoms with E-state index in [-0.39, 0.29) is 16.9 Å². The molecular weight excluding hydrogens is 412 g/mol. The highest BCUT2D eigenvalue weighted by molar-refractivity contribution is 5.95. The van der Waals surface area contributed by atoms with Crippen molar-refractivity contribution in [2.24, 2.45) is 5.41 Å². The number of carbonyl (C=O) groups excluding carboxylic acids is 1. The maximum Gasteiger partial charge on any atom is 0.259 e. The summed E-state index contributed by atoms with van der Waals surface area (Å²) in [5, 5.41) is 0. The molecule has 1 amide bonds. The lowest BCUT2D eigenvalue weighted by atomic mass is 9.96. The van der Waals surface area contributed by atoms with Gasteiger partial charge in [0, 0.05) is 37.5 Å². The molecule has 0 aliphatic carbocycles. The standard InChI is InChI=1S/C27H34N4O2/c1-5-6-7-16-30-23(20-10-12-22(13-11-20)29-17-8-9-24(29)32)19-31-25(33)18-21(28-26(30)31)14-15-27(2,3)4/h10-15,18-19H,5-9,16-17H2,1-4H3/b15-14+. The van der Waals surface area contributed by atoms with E-state index < -0.39 is 0 Å². The number of aromatic nitrogens is 3. The van der Waals surface area contributed by atoms with Gasteiger partial charge in [0.25, 0.3) is 5.56 Å². The molecule has 0 atom stereocenters. The average Bonchev–Trinajstić information content (AvgIpc) is 3.36. The molecule has 1 aromatic carbocycles. The largest absolute Gasteiger partial charge is 0.312 e. The monoisotopic (exact) mass is 446 g/mol. The second-order valence-corrected chi connectivity index (χ2v) is 9.96. The van der Waals surface area contributed by atoms with Gasteiger partial charge in [-0.25, -0.2) is 4.98 Å². The molecule has 0 unspecified atom stereocenters. The number of allylic oxidation sites excluding steroid dienone is 1. The van der Waals surface area contributed by atoms with E-state index in [0.717, 1.165) is 55.7 Å². The number of carbonyl (C=O) groups is 1. The molecule has 0 radical (unpaired) electrons. The zero-order chi connectivity index (χ0) is 23.6. The fourth-order valence-corrected chi connectivity index (χ4v) is 4.23. The Hall–Kier alpha value is -3.15. The topological polar surface area (TPSA) is 59.6 Å². The van der Waals surface area contributed by atoms with Gasteiger partial charge < -0.3 is 9.47 Å². The van der Waals surface area contributed by atoms with Crippen molar-refractivity contribution in [3.63, 3.8) is 0 Å². The van der Waals surface area contributed by atoms with Crippen molar-refractivity contribution >= 4 is 23.4 Å². The van der Waals surface area contributed by atoms with Crippen molar-refractivity contribution in [1.82, 2.24) is 14.0 Å². The average molecular weight is 447 g/mol. The van der Waals surface area contributed by atoms with Crippen LogP contribution in [0.4, 0.5) is 5.69 Å². The van der Waals surface area contributed by atoms with E-state index in [0.29, 0.717) is 17.9 Å². The molecule has 0 spiro atoms. The minimum Gasteiger partial charge on any atom is -0.312 e. The minimum atomic E-state index is -0.0802. The molecule has 0 N–H and O–H groups in total. The molecule has 1 fully saturated rings.